The highest BCUT2D eigenvalue weighted by Crippen LogP contribution is 2.26. The number of nitrogens with two attached hydrogens (primary N) is 4. The molecule has 9 N–H and O–H groups in total. The van der Waals surface area contributed by atoms with Crippen LogP contribution in [0.1, 0.15) is 12.8 Å². The molecule has 0 unspecified atom stereocenters. The van der Waals surface area contributed by atoms with Gasteiger partial charge >= 0.3 is 6.36 Å². The largest absolute Gasteiger partial charge is 0.573 e. The van der Waals surface area contributed by atoms with E-state index in [1.54, 1.807) is 0 Å². The summed E-state index contributed by atoms with van der Waals surface area (Å²) in [6.07, 6.45) is -3.37. The van der Waals surface area contributed by atoms with Crippen LogP contribution in [0.3, 0.4) is 0 Å². The molecule has 1 aromatic heterocycles. The zero-order chi connectivity index (χ0) is 24.5. The van der Waals surface area contributed by atoms with Gasteiger partial charge in [0.1, 0.15) is 5.75 Å². The maximum atomic E-state index is 12.4. The van der Waals surface area contributed by atoms with E-state index < -0.39 is 6.36 Å². The lowest BCUT2D eigenvalue weighted by Crippen LogP contribution is -2.54. The van der Waals surface area contributed by atoms with Crippen LogP contribution in [-0.4, -0.2) is 71.7 Å². The van der Waals surface area contributed by atoms with Crippen LogP contribution in [0.4, 0.5) is 36.7 Å². The summed E-state index contributed by atoms with van der Waals surface area (Å²) in [4.78, 5) is 17.5. The molecule has 0 aliphatic carbocycles. The van der Waals surface area contributed by atoms with E-state index in [0.717, 1.165) is 0 Å². The van der Waals surface area contributed by atoms with Gasteiger partial charge in [0.25, 0.3) is 0 Å². The molecule has 0 spiro atoms. The summed E-state index contributed by atoms with van der Waals surface area (Å²) in [5, 5.41) is 3.02. The van der Waals surface area contributed by atoms with Gasteiger partial charge in [-0.15, -0.1) is 13.2 Å². The van der Waals surface area contributed by atoms with E-state index in [-0.39, 0.29) is 35.9 Å². The van der Waals surface area contributed by atoms with Crippen molar-refractivity contribution in [3.8, 4) is 5.75 Å². The molecule has 2 aliphatic rings. The fourth-order valence-electron chi connectivity index (χ4n) is 4.25. The summed E-state index contributed by atoms with van der Waals surface area (Å²) in [6.45, 7) is 2.11. The number of nitrogens with one attached hydrogen (secondary N) is 1. The van der Waals surface area contributed by atoms with Crippen molar-refractivity contribution in [3.63, 3.8) is 0 Å². The zero-order valence-electron chi connectivity index (χ0n) is 18.4. The summed E-state index contributed by atoms with van der Waals surface area (Å²) in [6, 6.07) is 4.76. The molecule has 4 atom stereocenters. The van der Waals surface area contributed by atoms with Crippen LogP contribution in [0, 0.1) is 0 Å². The Hall–Kier alpha value is -2.94. The Balaban J connectivity index is 1.61. The molecule has 14 heteroatoms. The summed E-state index contributed by atoms with van der Waals surface area (Å²) in [7, 11) is 0. The summed E-state index contributed by atoms with van der Waals surface area (Å²) in [5.74, 6) is 0.665. The van der Waals surface area contributed by atoms with Gasteiger partial charge in [0.05, 0.1) is 0 Å². The summed E-state index contributed by atoms with van der Waals surface area (Å²) in [5.41, 5.74) is 25.1. The third-order valence-corrected chi connectivity index (χ3v) is 5.55. The Labute approximate surface area is 194 Å². The minimum Gasteiger partial charge on any atom is -0.406 e. The van der Waals surface area contributed by atoms with E-state index in [9.17, 15) is 13.2 Å². The van der Waals surface area contributed by atoms with Gasteiger partial charge in [0, 0.05) is 56.0 Å². The Bertz CT molecular complexity index is 912. The Morgan fingerprint density at radius 1 is 0.765 bits per heavy atom. The van der Waals surface area contributed by atoms with Crippen molar-refractivity contribution < 1.29 is 17.9 Å². The van der Waals surface area contributed by atoms with Crippen molar-refractivity contribution in [2.45, 2.75) is 43.4 Å². The molecule has 0 bridgehead atoms. The van der Waals surface area contributed by atoms with E-state index in [1.807, 2.05) is 9.80 Å². The molecule has 186 valence electrons. The van der Waals surface area contributed by atoms with Crippen LogP contribution in [0.2, 0.25) is 0 Å². The number of benzene rings is 1. The van der Waals surface area contributed by atoms with Crippen molar-refractivity contribution in [2.75, 3.05) is 41.3 Å². The molecule has 0 saturated carbocycles. The van der Waals surface area contributed by atoms with Crippen LogP contribution in [0.5, 0.6) is 5.75 Å². The lowest BCUT2D eigenvalue weighted by molar-refractivity contribution is -0.274. The third-order valence-electron chi connectivity index (χ3n) is 5.55. The first kappa shape index (κ1) is 24.2. The Morgan fingerprint density at radius 2 is 1.21 bits per heavy atom. The average molecular weight is 483 g/mol. The van der Waals surface area contributed by atoms with E-state index in [0.29, 0.717) is 56.6 Å². The Morgan fingerprint density at radius 3 is 1.62 bits per heavy atom. The fraction of sp³-hybridized carbons (Fsp3) is 0.550. The molecule has 11 nitrogen and oxygen atoms in total. The second-order valence-corrected chi connectivity index (χ2v) is 8.78. The van der Waals surface area contributed by atoms with Gasteiger partial charge in [-0.2, -0.15) is 15.0 Å². The van der Waals surface area contributed by atoms with Crippen molar-refractivity contribution in [1.29, 1.82) is 0 Å². The number of anilines is 4. The van der Waals surface area contributed by atoms with Crippen molar-refractivity contribution in [1.82, 2.24) is 15.0 Å². The van der Waals surface area contributed by atoms with E-state index in [1.165, 1.54) is 24.3 Å². The number of hydrogen-bond donors (Lipinski definition) is 5. The SMILES string of the molecule is N[C@@H]1C[C@H](N)CN(c2nc(Nc3ccc(OC(F)(F)F)cc3)nc(N3C[C@H](N)C[C@H](N)C3)n2)C1. The van der Waals surface area contributed by atoms with Gasteiger partial charge < -0.3 is 42.8 Å². The van der Waals surface area contributed by atoms with Crippen LogP contribution in [-0.2, 0) is 0 Å². The summed E-state index contributed by atoms with van der Waals surface area (Å²) < 4.78 is 41.2. The highest BCUT2D eigenvalue weighted by Gasteiger charge is 2.31. The number of alkyl halides is 3. The van der Waals surface area contributed by atoms with Gasteiger partial charge in [-0.25, -0.2) is 0 Å². The standard InChI is InChI=1S/C20H29F3N10O/c21-20(22,23)34-16-3-1-15(2-4-16)28-17-29-18(32-7-11(24)5-12(25)8-32)31-19(30-17)33-9-13(26)6-14(27)10-33/h1-4,11-14H,5-10,24-27H2,(H,28,29,30,31)/t11-,12+,13-,14+. The molecule has 2 aromatic rings. The monoisotopic (exact) mass is 482 g/mol. The van der Waals surface area contributed by atoms with Gasteiger partial charge in [-0.05, 0) is 37.1 Å². The molecule has 2 fully saturated rings. The van der Waals surface area contributed by atoms with Crippen molar-refractivity contribution in [2.24, 2.45) is 22.9 Å². The van der Waals surface area contributed by atoms with Gasteiger partial charge in [0.15, 0.2) is 0 Å². The molecule has 3 heterocycles. The highest BCUT2D eigenvalue weighted by atomic mass is 19.4. The second kappa shape index (κ2) is 9.74. The minimum absolute atomic E-state index is 0.126. The molecule has 0 radical (unpaired) electrons. The maximum Gasteiger partial charge on any atom is 0.573 e. The molecule has 1 aromatic carbocycles. The van der Waals surface area contributed by atoms with Crippen LogP contribution < -0.4 is 42.8 Å². The minimum atomic E-state index is -4.76. The van der Waals surface area contributed by atoms with Gasteiger partial charge in [-0.1, -0.05) is 0 Å². The molecular weight excluding hydrogens is 453 g/mol. The molecular formula is C20H29F3N10O. The highest BCUT2D eigenvalue weighted by molar-refractivity contribution is 5.57. The van der Waals surface area contributed by atoms with E-state index in [2.05, 4.69) is 25.0 Å². The van der Waals surface area contributed by atoms with Crippen LogP contribution >= 0.6 is 0 Å². The van der Waals surface area contributed by atoms with Crippen LogP contribution in [0.25, 0.3) is 0 Å². The van der Waals surface area contributed by atoms with Crippen LogP contribution in [0.15, 0.2) is 24.3 Å². The third kappa shape index (κ3) is 6.34. The van der Waals surface area contributed by atoms with E-state index >= 15 is 0 Å². The Kier molecular flexibility index (Phi) is 6.93. The molecule has 4 rings (SSSR count). The smallest absolute Gasteiger partial charge is 0.406 e. The lowest BCUT2D eigenvalue weighted by atomic mass is 10.0. The predicted octanol–water partition coefficient (Wildman–Crippen LogP) is 0.243. The zero-order valence-corrected chi connectivity index (χ0v) is 18.4. The van der Waals surface area contributed by atoms with Crippen molar-refractivity contribution >= 4 is 23.5 Å². The first-order chi connectivity index (χ1) is 16.0. The first-order valence-corrected chi connectivity index (χ1v) is 10.9. The maximum absolute atomic E-state index is 12.4. The second-order valence-electron chi connectivity index (χ2n) is 8.78. The topological polar surface area (TPSA) is 170 Å². The average Bonchev–Trinajstić information content (AvgIpc) is 2.72. The lowest BCUT2D eigenvalue weighted by Gasteiger charge is -2.37. The fourth-order valence-corrected chi connectivity index (χ4v) is 4.25. The number of halogens is 3. The normalized spacial score (nSPS) is 25.9. The van der Waals surface area contributed by atoms with Gasteiger partial charge in [-0.3, -0.25) is 0 Å². The number of aromatic nitrogens is 3. The molecule has 34 heavy (non-hydrogen) atoms. The quantitative estimate of drug-likeness (QED) is 0.395. The number of piperidine rings is 2. The summed E-state index contributed by atoms with van der Waals surface area (Å²) >= 11 is 0. The number of hydrogen-bond acceptors (Lipinski definition) is 11. The van der Waals surface area contributed by atoms with Crippen molar-refractivity contribution in [3.05, 3.63) is 24.3 Å². The molecule has 0 amide bonds. The van der Waals surface area contributed by atoms with E-state index in [4.69, 9.17) is 22.9 Å². The molecule has 2 saturated heterocycles. The predicted molar refractivity (Wildman–Crippen MR) is 122 cm³/mol. The molecule has 2 aliphatic heterocycles. The number of rotatable bonds is 5. The first-order valence-electron chi connectivity index (χ1n) is 10.9. The number of nitrogens with zero attached hydrogens (tertiary/aromatic N) is 5. The van der Waals surface area contributed by atoms with Gasteiger partial charge in [0.2, 0.25) is 17.8 Å². The number of ether oxygens (including phenoxy) is 1.